The highest BCUT2D eigenvalue weighted by Crippen LogP contribution is 2.47. The van der Waals surface area contributed by atoms with Gasteiger partial charge in [-0.1, -0.05) is 29.9 Å². The molecule has 1 fully saturated rings. The Balaban J connectivity index is 1.59. The average molecular weight is 357 g/mol. The number of aldehydes is 1. The van der Waals surface area contributed by atoms with Crippen molar-refractivity contribution in [2.45, 2.75) is 57.4 Å². The number of benzene rings is 1. The first kappa shape index (κ1) is 16.8. The van der Waals surface area contributed by atoms with Crippen LogP contribution in [0.4, 0.5) is 5.69 Å². The fourth-order valence-corrected chi connectivity index (χ4v) is 5.11. The quantitative estimate of drug-likeness (QED) is 0.493. The van der Waals surface area contributed by atoms with E-state index in [9.17, 15) is 4.79 Å². The first-order valence-corrected chi connectivity index (χ1v) is 10.5. The Bertz CT molecular complexity index is 880. The summed E-state index contributed by atoms with van der Waals surface area (Å²) in [7, 11) is 0. The van der Waals surface area contributed by atoms with Gasteiger partial charge in [0.1, 0.15) is 6.29 Å². The lowest BCUT2D eigenvalue weighted by atomic mass is 9.83. The summed E-state index contributed by atoms with van der Waals surface area (Å²) < 4.78 is 0. The van der Waals surface area contributed by atoms with Gasteiger partial charge in [-0.05, 0) is 86.8 Å². The number of hydrogen-bond donors (Lipinski definition) is 0. The second-order valence-corrected chi connectivity index (χ2v) is 8.25. The Labute approximate surface area is 162 Å². The van der Waals surface area contributed by atoms with Crippen molar-refractivity contribution < 1.29 is 4.79 Å². The summed E-state index contributed by atoms with van der Waals surface area (Å²) in [6.45, 7) is 0. The highest BCUT2D eigenvalue weighted by atomic mass is 16.1. The molecule has 0 spiro atoms. The molecule has 0 amide bonds. The Kier molecular flexibility index (Phi) is 4.35. The SMILES string of the molecule is O=Cc1ccc2c(c1)CC(C(=C1CC1)C1C=CCCC1)N2C1=CC=CCC1. The molecule has 5 rings (SSSR count). The molecule has 0 radical (unpaired) electrons. The van der Waals surface area contributed by atoms with Crippen LogP contribution in [0.2, 0.25) is 0 Å². The first-order chi connectivity index (χ1) is 13.3. The summed E-state index contributed by atoms with van der Waals surface area (Å²) in [6.07, 6.45) is 22.2. The van der Waals surface area contributed by atoms with Crippen molar-refractivity contribution in [3.05, 3.63) is 76.5 Å². The van der Waals surface area contributed by atoms with Crippen LogP contribution in [0.1, 0.15) is 60.9 Å². The van der Waals surface area contributed by atoms with Crippen LogP contribution in [-0.4, -0.2) is 12.3 Å². The highest BCUT2D eigenvalue weighted by molar-refractivity contribution is 5.79. The van der Waals surface area contributed by atoms with E-state index in [-0.39, 0.29) is 0 Å². The normalized spacial score (nSPS) is 26.0. The van der Waals surface area contributed by atoms with Crippen molar-refractivity contribution in [2.75, 3.05) is 4.90 Å². The van der Waals surface area contributed by atoms with E-state index in [0.717, 1.165) is 31.1 Å². The van der Waals surface area contributed by atoms with Crippen LogP contribution in [0.15, 0.2) is 65.4 Å². The van der Waals surface area contributed by atoms with Crippen molar-refractivity contribution in [3.63, 3.8) is 0 Å². The molecule has 138 valence electrons. The van der Waals surface area contributed by atoms with E-state index in [0.29, 0.717) is 12.0 Å². The molecular formula is C25H27NO. The van der Waals surface area contributed by atoms with Gasteiger partial charge in [-0.2, -0.15) is 0 Å². The number of hydrogen-bond acceptors (Lipinski definition) is 2. The van der Waals surface area contributed by atoms with Gasteiger partial charge in [0.2, 0.25) is 0 Å². The van der Waals surface area contributed by atoms with Crippen LogP contribution in [-0.2, 0) is 6.42 Å². The van der Waals surface area contributed by atoms with Gasteiger partial charge >= 0.3 is 0 Å². The number of allylic oxidation sites excluding steroid dienone is 7. The van der Waals surface area contributed by atoms with Crippen molar-refractivity contribution in [1.82, 2.24) is 0 Å². The van der Waals surface area contributed by atoms with Gasteiger partial charge < -0.3 is 4.90 Å². The minimum absolute atomic E-state index is 0.421. The van der Waals surface area contributed by atoms with E-state index in [1.165, 1.54) is 49.1 Å². The van der Waals surface area contributed by atoms with Gasteiger partial charge in [0.15, 0.2) is 0 Å². The van der Waals surface area contributed by atoms with E-state index in [2.05, 4.69) is 47.4 Å². The van der Waals surface area contributed by atoms with E-state index in [4.69, 9.17) is 0 Å². The second kappa shape index (κ2) is 6.99. The Morgan fingerprint density at radius 3 is 2.74 bits per heavy atom. The monoisotopic (exact) mass is 357 g/mol. The smallest absolute Gasteiger partial charge is 0.150 e. The van der Waals surface area contributed by atoms with E-state index < -0.39 is 0 Å². The number of rotatable bonds is 4. The summed E-state index contributed by atoms with van der Waals surface area (Å²) in [4.78, 5) is 13.9. The number of anilines is 1. The third kappa shape index (κ3) is 3.12. The fraction of sp³-hybridized carbons (Fsp3) is 0.400. The van der Waals surface area contributed by atoms with Gasteiger partial charge in [-0.25, -0.2) is 0 Å². The maximum atomic E-state index is 11.3. The van der Waals surface area contributed by atoms with E-state index in [1.807, 2.05) is 6.07 Å². The Morgan fingerprint density at radius 1 is 1.11 bits per heavy atom. The Morgan fingerprint density at radius 2 is 2.04 bits per heavy atom. The van der Waals surface area contributed by atoms with Gasteiger partial charge in [0.05, 0.1) is 6.04 Å². The summed E-state index contributed by atoms with van der Waals surface area (Å²) in [6, 6.07) is 6.68. The molecular weight excluding hydrogens is 330 g/mol. The zero-order valence-electron chi connectivity index (χ0n) is 15.9. The first-order valence-electron chi connectivity index (χ1n) is 10.5. The molecule has 0 N–H and O–H groups in total. The third-order valence-corrected chi connectivity index (χ3v) is 6.45. The summed E-state index contributed by atoms with van der Waals surface area (Å²) in [5.41, 5.74) is 8.25. The third-order valence-electron chi connectivity index (χ3n) is 6.45. The number of fused-ring (bicyclic) bond motifs is 1. The van der Waals surface area contributed by atoms with Crippen LogP contribution >= 0.6 is 0 Å². The predicted octanol–water partition coefficient (Wildman–Crippen LogP) is 5.91. The van der Waals surface area contributed by atoms with E-state index in [1.54, 1.807) is 11.1 Å². The molecule has 0 bridgehead atoms. The molecule has 1 heterocycles. The van der Waals surface area contributed by atoms with Crippen molar-refractivity contribution in [1.29, 1.82) is 0 Å². The second-order valence-electron chi connectivity index (χ2n) is 8.25. The zero-order valence-corrected chi connectivity index (χ0v) is 15.9. The van der Waals surface area contributed by atoms with Gasteiger partial charge in [0.25, 0.3) is 0 Å². The lowest BCUT2D eigenvalue weighted by molar-refractivity contribution is 0.112. The molecule has 2 nitrogen and oxygen atoms in total. The number of nitrogens with zero attached hydrogens (tertiary/aromatic N) is 1. The molecule has 1 aliphatic heterocycles. The standard InChI is InChI=1S/C25H27NO/c27-17-18-11-14-23-21(15-18)16-24(26(23)22-9-5-2-6-10-22)25(20-12-13-20)19-7-3-1-4-8-19/h2-3,5,7,9,11,14-15,17,19,24H,1,4,6,8,10,12-13,16H2. The van der Waals surface area contributed by atoms with Gasteiger partial charge in [-0.15, -0.1) is 0 Å². The molecule has 27 heavy (non-hydrogen) atoms. The van der Waals surface area contributed by atoms with Crippen LogP contribution in [0.25, 0.3) is 0 Å². The molecule has 2 unspecified atom stereocenters. The molecule has 3 aliphatic carbocycles. The molecule has 4 aliphatic rings. The zero-order chi connectivity index (χ0) is 18.2. The summed E-state index contributed by atoms with van der Waals surface area (Å²) in [5.74, 6) is 0.600. The summed E-state index contributed by atoms with van der Waals surface area (Å²) >= 11 is 0. The van der Waals surface area contributed by atoms with Gasteiger partial charge in [-0.3, -0.25) is 4.79 Å². The molecule has 2 atom stereocenters. The lowest BCUT2D eigenvalue weighted by Crippen LogP contribution is -2.36. The molecule has 1 aromatic rings. The average Bonchev–Trinajstić information content (AvgIpc) is 3.49. The van der Waals surface area contributed by atoms with Crippen molar-refractivity contribution >= 4 is 12.0 Å². The molecule has 0 saturated heterocycles. The maximum absolute atomic E-state index is 11.3. The lowest BCUT2D eigenvalue weighted by Gasteiger charge is -2.35. The number of carbonyl (C=O) groups is 1. The van der Waals surface area contributed by atoms with Crippen LogP contribution < -0.4 is 4.90 Å². The largest absolute Gasteiger partial charge is 0.337 e. The van der Waals surface area contributed by atoms with Crippen LogP contribution in [0.5, 0.6) is 0 Å². The van der Waals surface area contributed by atoms with E-state index >= 15 is 0 Å². The summed E-state index contributed by atoms with van der Waals surface area (Å²) in [5, 5.41) is 0. The van der Waals surface area contributed by atoms with Crippen LogP contribution in [0, 0.1) is 5.92 Å². The van der Waals surface area contributed by atoms with Crippen LogP contribution in [0.3, 0.4) is 0 Å². The highest BCUT2D eigenvalue weighted by Gasteiger charge is 2.39. The fourth-order valence-electron chi connectivity index (χ4n) is 5.11. The minimum Gasteiger partial charge on any atom is -0.337 e. The molecule has 2 heteroatoms. The van der Waals surface area contributed by atoms with Crippen molar-refractivity contribution in [2.24, 2.45) is 5.92 Å². The maximum Gasteiger partial charge on any atom is 0.150 e. The Hall–Kier alpha value is -2.35. The topological polar surface area (TPSA) is 20.3 Å². The predicted molar refractivity (Wildman–Crippen MR) is 111 cm³/mol. The van der Waals surface area contributed by atoms with Crippen molar-refractivity contribution in [3.8, 4) is 0 Å². The molecule has 0 aromatic heterocycles. The van der Waals surface area contributed by atoms with Gasteiger partial charge in [0, 0.05) is 22.9 Å². The number of carbonyl (C=O) groups excluding carboxylic acids is 1. The minimum atomic E-state index is 0.421. The molecule has 1 aromatic carbocycles. The molecule has 1 saturated carbocycles.